The molecule has 1 aliphatic heterocycles. The molecule has 6 nitrogen and oxygen atoms in total. The fraction of sp³-hybridized carbons (Fsp3) is 0.214. The Labute approximate surface area is 125 Å². The number of nitrogens with zero attached hydrogens (tertiary/aromatic N) is 1. The average Bonchev–Trinajstić information content (AvgIpc) is 2.63. The second kappa shape index (κ2) is 5.57. The molecular formula is C14H12ClNO5. The topological polar surface area (TPSA) is 94.9 Å². The summed E-state index contributed by atoms with van der Waals surface area (Å²) in [6, 6.07) is 5.46. The van der Waals surface area contributed by atoms with Crippen molar-refractivity contribution in [3.05, 3.63) is 46.2 Å². The SMILES string of the molecule is CC(=O)C1=C(O)C(=O)N(CC(=O)O)[C@H]1c1ccccc1Cl. The normalized spacial score (nSPS) is 18.3. The van der Waals surface area contributed by atoms with Gasteiger partial charge in [-0.3, -0.25) is 14.4 Å². The van der Waals surface area contributed by atoms with Gasteiger partial charge < -0.3 is 15.1 Å². The summed E-state index contributed by atoms with van der Waals surface area (Å²) in [5.41, 5.74) is 0.248. The predicted molar refractivity (Wildman–Crippen MR) is 73.9 cm³/mol. The lowest BCUT2D eigenvalue weighted by molar-refractivity contribution is -0.144. The first-order valence-electron chi connectivity index (χ1n) is 6.05. The number of aliphatic carboxylic acids is 1. The quantitative estimate of drug-likeness (QED) is 0.883. The second-order valence-electron chi connectivity index (χ2n) is 4.57. The average molecular weight is 310 g/mol. The molecule has 1 amide bonds. The first-order chi connectivity index (χ1) is 9.84. The third kappa shape index (κ3) is 2.62. The van der Waals surface area contributed by atoms with Gasteiger partial charge in [0, 0.05) is 5.02 Å². The number of aliphatic hydroxyl groups excluding tert-OH is 1. The highest BCUT2D eigenvalue weighted by Crippen LogP contribution is 2.39. The van der Waals surface area contributed by atoms with Gasteiger partial charge in [-0.05, 0) is 18.6 Å². The minimum Gasteiger partial charge on any atom is -0.503 e. The third-order valence-electron chi connectivity index (χ3n) is 3.19. The number of carbonyl (C=O) groups is 3. The zero-order chi connectivity index (χ0) is 15.7. The highest BCUT2D eigenvalue weighted by atomic mass is 35.5. The van der Waals surface area contributed by atoms with E-state index in [2.05, 4.69) is 0 Å². The van der Waals surface area contributed by atoms with Crippen LogP contribution in [-0.2, 0) is 14.4 Å². The Morgan fingerprint density at radius 1 is 1.33 bits per heavy atom. The van der Waals surface area contributed by atoms with Crippen LogP contribution in [0.25, 0.3) is 0 Å². The van der Waals surface area contributed by atoms with Crippen LogP contribution >= 0.6 is 11.6 Å². The van der Waals surface area contributed by atoms with Gasteiger partial charge in [0.15, 0.2) is 11.5 Å². The lowest BCUT2D eigenvalue weighted by Crippen LogP contribution is -2.35. The maximum absolute atomic E-state index is 12.0. The van der Waals surface area contributed by atoms with Crippen LogP contribution in [0, 0.1) is 0 Å². The number of benzene rings is 1. The summed E-state index contributed by atoms with van der Waals surface area (Å²) >= 11 is 6.07. The van der Waals surface area contributed by atoms with Gasteiger partial charge >= 0.3 is 5.97 Å². The number of carboxylic acid groups (broad SMARTS) is 1. The largest absolute Gasteiger partial charge is 0.503 e. The molecule has 0 saturated carbocycles. The van der Waals surface area contributed by atoms with E-state index in [4.69, 9.17) is 16.7 Å². The number of amides is 1. The van der Waals surface area contributed by atoms with Crippen molar-refractivity contribution in [2.24, 2.45) is 0 Å². The van der Waals surface area contributed by atoms with Crippen molar-refractivity contribution in [1.82, 2.24) is 4.90 Å². The summed E-state index contributed by atoms with van der Waals surface area (Å²) < 4.78 is 0. The number of rotatable bonds is 4. The Morgan fingerprint density at radius 2 is 1.95 bits per heavy atom. The highest BCUT2D eigenvalue weighted by Gasteiger charge is 2.43. The summed E-state index contributed by atoms with van der Waals surface area (Å²) in [6.07, 6.45) is 0. The molecule has 0 unspecified atom stereocenters. The standard InChI is InChI=1S/C14H12ClNO5/c1-7(17)11-12(8-4-2-3-5-9(8)15)16(6-10(18)19)14(21)13(11)20/h2-5,12,20H,6H2,1H3,(H,18,19)/t12-/m0/s1. The summed E-state index contributed by atoms with van der Waals surface area (Å²) in [7, 11) is 0. The molecule has 21 heavy (non-hydrogen) atoms. The van der Waals surface area contributed by atoms with Crippen LogP contribution in [0.3, 0.4) is 0 Å². The maximum Gasteiger partial charge on any atom is 0.323 e. The highest BCUT2D eigenvalue weighted by molar-refractivity contribution is 6.31. The van der Waals surface area contributed by atoms with Crippen LogP contribution in [-0.4, -0.2) is 39.3 Å². The van der Waals surface area contributed by atoms with Crippen molar-refractivity contribution >= 4 is 29.3 Å². The maximum atomic E-state index is 12.0. The van der Waals surface area contributed by atoms with Crippen molar-refractivity contribution in [2.75, 3.05) is 6.54 Å². The molecule has 0 spiro atoms. The Bertz CT molecular complexity index is 667. The molecule has 1 aromatic rings. The molecule has 1 aromatic carbocycles. The van der Waals surface area contributed by atoms with E-state index < -0.39 is 36.0 Å². The molecule has 2 rings (SSSR count). The van der Waals surface area contributed by atoms with Gasteiger partial charge in [-0.2, -0.15) is 0 Å². The number of Topliss-reactive ketones (excluding diaryl/α,β-unsaturated/α-hetero) is 1. The van der Waals surface area contributed by atoms with Crippen LogP contribution < -0.4 is 0 Å². The van der Waals surface area contributed by atoms with Crippen LogP contribution in [0.2, 0.25) is 5.02 Å². The van der Waals surface area contributed by atoms with Gasteiger partial charge in [0.25, 0.3) is 5.91 Å². The zero-order valence-electron chi connectivity index (χ0n) is 11.0. The van der Waals surface area contributed by atoms with E-state index >= 15 is 0 Å². The van der Waals surface area contributed by atoms with Crippen molar-refractivity contribution in [1.29, 1.82) is 0 Å². The smallest absolute Gasteiger partial charge is 0.323 e. The molecule has 0 bridgehead atoms. The number of carbonyl (C=O) groups excluding carboxylic acids is 2. The summed E-state index contributed by atoms with van der Waals surface area (Å²) in [5, 5.41) is 19.1. The second-order valence-corrected chi connectivity index (χ2v) is 4.98. The third-order valence-corrected chi connectivity index (χ3v) is 3.53. The molecule has 0 fully saturated rings. The van der Waals surface area contributed by atoms with Gasteiger partial charge in [0.05, 0.1) is 11.6 Å². The first-order valence-corrected chi connectivity index (χ1v) is 6.43. The molecule has 1 aliphatic rings. The fourth-order valence-electron chi connectivity index (χ4n) is 2.34. The Balaban J connectivity index is 2.60. The van der Waals surface area contributed by atoms with Gasteiger partial charge in [-0.15, -0.1) is 0 Å². The number of hydrogen-bond acceptors (Lipinski definition) is 4. The van der Waals surface area contributed by atoms with Crippen molar-refractivity contribution < 1.29 is 24.6 Å². The number of halogens is 1. The van der Waals surface area contributed by atoms with Crippen LogP contribution in [0.4, 0.5) is 0 Å². The molecule has 0 aromatic heterocycles. The molecule has 7 heteroatoms. The minimum atomic E-state index is -1.25. The molecule has 110 valence electrons. The summed E-state index contributed by atoms with van der Waals surface area (Å²) in [5.74, 6) is -3.39. The molecule has 0 saturated heterocycles. The van der Waals surface area contributed by atoms with E-state index in [1.54, 1.807) is 24.3 Å². The van der Waals surface area contributed by atoms with Crippen LogP contribution in [0.1, 0.15) is 18.5 Å². The van der Waals surface area contributed by atoms with E-state index in [1.165, 1.54) is 6.92 Å². The fourth-order valence-corrected chi connectivity index (χ4v) is 2.58. The van der Waals surface area contributed by atoms with E-state index in [0.29, 0.717) is 5.56 Å². The van der Waals surface area contributed by atoms with Crippen LogP contribution in [0.5, 0.6) is 0 Å². The molecule has 0 aliphatic carbocycles. The first kappa shape index (κ1) is 15.1. The minimum absolute atomic E-state index is 0.144. The van der Waals surface area contributed by atoms with E-state index in [0.717, 1.165) is 4.90 Å². The summed E-state index contributed by atoms with van der Waals surface area (Å²) in [4.78, 5) is 35.6. The van der Waals surface area contributed by atoms with E-state index in [9.17, 15) is 19.5 Å². The lowest BCUT2D eigenvalue weighted by atomic mass is 9.97. The van der Waals surface area contributed by atoms with Gasteiger partial charge in [-0.1, -0.05) is 29.8 Å². The van der Waals surface area contributed by atoms with Crippen molar-refractivity contribution in [3.8, 4) is 0 Å². The lowest BCUT2D eigenvalue weighted by Gasteiger charge is -2.25. The number of ketones is 1. The number of aliphatic hydroxyl groups is 1. The van der Waals surface area contributed by atoms with Gasteiger partial charge in [0.1, 0.15) is 6.54 Å². The molecule has 1 atom stereocenters. The van der Waals surface area contributed by atoms with Crippen molar-refractivity contribution in [2.45, 2.75) is 13.0 Å². The van der Waals surface area contributed by atoms with Crippen LogP contribution in [0.15, 0.2) is 35.6 Å². The van der Waals surface area contributed by atoms with E-state index in [1.807, 2.05) is 0 Å². The Kier molecular flexibility index (Phi) is 3.99. The monoisotopic (exact) mass is 309 g/mol. The van der Waals surface area contributed by atoms with E-state index in [-0.39, 0.29) is 10.6 Å². The Hall–Kier alpha value is -2.34. The molecular weight excluding hydrogens is 298 g/mol. The van der Waals surface area contributed by atoms with Gasteiger partial charge in [-0.25, -0.2) is 0 Å². The van der Waals surface area contributed by atoms with Crippen molar-refractivity contribution in [3.63, 3.8) is 0 Å². The predicted octanol–water partition coefficient (Wildman–Crippen LogP) is 1.71. The zero-order valence-corrected chi connectivity index (χ0v) is 11.8. The number of carboxylic acids is 1. The van der Waals surface area contributed by atoms with Gasteiger partial charge in [0.2, 0.25) is 0 Å². The molecule has 0 radical (unpaired) electrons. The number of hydrogen-bond donors (Lipinski definition) is 2. The Morgan fingerprint density at radius 3 is 2.48 bits per heavy atom. The molecule has 2 N–H and O–H groups in total. The molecule has 1 heterocycles. The summed E-state index contributed by atoms with van der Waals surface area (Å²) in [6.45, 7) is 0.558.